The molecule has 4 aromatic rings. The Labute approximate surface area is 290 Å². The Morgan fingerprint density at radius 2 is 1.46 bits per heavy atom. The standard InChI is InChI=1S/C39H44ClN3O4S/c1-28-14-21-35(22-15-28)48(46,47)43(36-23-16-29(2)24-30(36)3)27-38(44)42(26-32-17-19-33(40)20-18-32)37(25-31-10-6-4-7-11-31)39(45)41-34-12-8-5-9-13-34/h4,6-7,10-11,14-24,34,37H,5,8-9,12-13,25-27H2,1-3H3,(H,41,45). The molecule has 4 aromatic carbocycles. The van der Waals surface area contributed by atoms with E-state index >= 15 is 0 Å². The van der Waals surface area contributed by atoms with Gasteiger partial charge in [0.05, 0.1) is 10.6 Å². The monoisotopic (exact) mass is 685 g/mol. The molecule has 1 atom stereocenters. The molecule has 1 unspecified atom stereocenters. The predicted octanol–water partition coefficient (Wildman–Crippen LogP) is 7.55. The van der Waals surface area contributed by atoms with Gasteiger partial charge in [0.2, 0.25) is 11.8 Å². The maximum atomic E-state index is 14.8. The lowest BCUT2D eigenvalue weighted by molar-refractivity contribution is -0.140. The average Bonchev–Trinajstić information content (AvgIpc) is 3.07. The fraction of sp³-hybridized carbons (Fsp3) is 0.333. The maximum absolute atomic E-state index is 14.8. The van der Waals surface area contributed by atoms with Crippen molar-refractivity contribution in [1.82, 2.24) is 10.2 Å². The molecule has 0 spiro atoms. The third kappa shape index (κ3) is 8.85. The zero-order valence-electron chi connectivity index (χ0n) is 27.9. The first kappa shape index (κ1) is 35.2. The summed E-state index contributed by atoms with van der Waals surface area (Å²) in [7, 11) is -4.17. The molecule has 7 nitrogen and oxygen atoms in total. The largest absolute Gasteiger partial charge is 0.352 e. The minimum atomic E-state index is -4.17. The van der Waals surface area contributed by atoms with E-state index in [9.17, 15) is 18.0 Å². The van der Waals surface area contributed by atoms with Gasteiger partial charge in [0.15, 0.2) is 0 Å². The summed E-state index contributed by atoms with van der Waals surface area (Å²) < 4.78 is 29.9. The van der Waals surface area contributed by atoms with Crippen molar-refractivity contribution in [3.8, 4) is 0 Å². The molecular formula is C39H44ClN3O4S. The Balaban J connectivity index is 1.58. The Kier molecular flexibility index (Phi) is 11.6. The normalized spacial score (nSPS) is 14.2. The molecule has 0 saturated heterocycles. The second kappa shape index (κ2) is 15.8. The number of aryl methyl sites for hydroxylation is 3. The lowest BCUT2D eigenvalue weighted by Gasteiger charge is -2.35. The van der Waals surface area contributed by atoms with Crippen molar-refractivity contribution in [2.24, 2.45) is 0 Å². The van der Waals surface area contributed by atoms with Crippen LogP contribution in [0, 0.1) is 20.8 Å². The van der Waals surface area contributed by atoms with E-state index in [0.29, 0.717) is 10.7 Å². The minimum Gasteiger partial charge on any atom is -0.352 e. The van der Waals surface area contributed by atoms with Crippen LogP contribution in [-0.4, -0.2) is 43.8 Å². The van der Waals surface area contributed by atoms with Gasteiger partial charge >= 0.3 is 0 Å². The summed E-state index contributed by atoms with van der Waals surface area (Å²) >= 11 is 6.20. The number of carbonyl (C=O) groups excluding carboxylic acids is 2. The number of hydrogen-bond donors (Lipinski definition) is 1. The molecule has 9 heteroatoms. The third-order valence-corrected chi connectivity index (χ3v) is 11.0. The predicted molar refractivity (Wildman–Crippen MR) is 193 cm³/mol. The van der Waals surface area contributed by atoms with Gasteiger partial charge in [-0.05, 0) is 80.6 Å². The average molecular weight is 686 g/mol. The van der Waals surface area contributed by atoms with Gasteiger partial charge in [-0.3, -0.25) is 13.9 Å². The summed E-state index contributed by atoms with van der Waals surface area (Å²) in [6, 6.07) is 28.0. The smallest absolute Gasteiger partial charge is 0.264 e. The van der Waals surface area contributed by atoms with Gasteiger partial charge in [-0.15, -0.1) is 0 Å². The van der Waals surface area contributed by atoms with E-state index in [4.69, 9.17) is 11.6 Å². The molecule has 1 aliphatic carbocycles. The van der Waals surface area contributed by atoms with Crippen molar-refractivity contribution in [2.75, 3.05) is 10.8 Å². The summed E-state index contributed by atoms with van der Waals surface area (Å²) in [6.07, 6.45) is 5.29. The molecule has 0 heterocycles. The van der Waals surface area contributed by atoms with Crippen LogP contribution < -0.4 is 9.62 Å². The highest BCUT2D eigenvalue weighted by Crippen LogP contribution is 2.29. The molecule has 1 saturated carbocycles. The summed E-state index contributed by atoms with van der Waals surface area (Å²) in [4.78, 5) is 30.6. The SMILES string of the molecule is Cc1ccc(S(=O)(=O)N(CC(=O)N(Cc2ccc(Cl)cc2)C(Cc2ccccc2)C(=O)NC2CCCCC2)c2ccc(C)cc2C)cc1. The van der Waals surface area contributed by atoms with E-state index in [-0.39, 0.29) is 29.8 Å². The Hall–Kier alpha value is -4.14. The lowest BCUT2D eigenvalue weighted by Crippen LogP contribution is -2.55. The molecule has 1 N–H and O–H groups in total. The van der Waals surface area contributed by atoms with Gasteiger partial charge < -0.3 is 10.2 Å². The first-order chi connectivity index (χ1) is 23.0. The van der Waals surface area contributed by atoms with Gasteiger partial charge in [0.25, 0.3) is 10.0 Å². The molecule has 0 bridgehead atoms. The lowest BCUT2D eigenvalue weighted by atomic mass is 9.94. The second-order valence-electron chi connectivity index (χ2n) is 12.8. The number of hydrogen-bond acceptors (Lipinski definition) is 4. The van der Waals surface area contributed by atoms with Crippen LogP contribution in [0.4, 0.5) is 5.69 Å². The molecule has 48 heavy (non-hydrogen) atoms. The van der Waals surface area contributed by atoms with Gasteiger partial charge in [-0.1, -0.05) is 109 Å². The highest BCUT2D eigenvalue weighted by Gasteiger charge is 2.35. The zero-order valence-corrected chi connectivity index (χ0v) is 29.4. The molecule has 252 valence electrons. The molecule has 0 aliphatic heterocycles. The molecule has 1 fully saturated rings. The quantitative estimate of drug-likeness (QED) is 0.167. The fourth-order valence-corrected chi connectivity index (χ4v) is 7.93. The van der Waals surface area contributed by atoms with E-state index in [0.717, 1.165) is 59.9 Å². The fourth-order valence-electron chi connectivity index (χ4n) is 6.32. The van der Waals surface area contributed by atoms with E-state index in [1.807, 2.05) is 75.4 Å². The van der Waals surface area contributed by atoms with E-state index in [2.05, 4.69) is 5.32 Å². The number of sulfonamides is 1. The summed E-state index contributed by atoms with van der Waals surface area (Å²) in [6.45, 7) is 5.27. The van der Waals surface area contributed by atoms with Crippen molar-refractivity contribution < 1.29 is 18.0 Å². The van der Waals surface area contributed by atoms with Crippen molar-refractivity contribution in [1.29, 1.82) is 0 Å². The van der Waals surface area contributed by atoms with Gasteiger partial charge in [-0.25, -0.2) is 8.42 Å². The molecule has 2 amide bonds. The number of rotatable bonds is 12. The van der Waals surface area contributed by atoms with Crippen molar-refractivity contribution >= 4 is 39.1 Å². The van der Waals surface area contributed by atoms with Crippen molar-refractivity contribution in [2.45, 2.75) is 82.8 Å². The Morgan fingerprint density at radius 1 is 0.812 bits per heavy atom. The number of benzene rings is 4. The summed E-state index contributed by atoms with van der Waals surface area (Å²) in [5.41, 5.74) is 4.70. The second-order valence-corrected chi connectivity index (χ2v) is 15.1. The first-order valence-electron chi connectivity index (χ1n) is 16.6. The van der Waals surface area contributed by atoms with Gasteiger partial charge in [0, 0.05) is 24.0 Å². The topological polar surface area (TPSA) is 86.8 Å². The highest BCUT2D eigenvalue weighted by atomic mass is 35.5. The van der Waals surface area contributed by atoms with Crippen LogP contribution in [0.5, 0.6) is 0 Å². The van der Waals surface area contributed by atoms with Crippen LogP contribution in [-0.2, 0) is 32.6 Å². The van der Waals surface area contributed by atoms with E-state index in [1.54, 1.807) is 42.5 Å². The Morgan fingerprint density at radius 3 is 2.10 bits per heavy atom. The maximum Gasteiger partial charge on any atom is 0.264 e. The van der Waals surface area contributed by atoms with Crippen LogP contribution in [0.25, 0.3) is 0 Å². The molecular weight excluding hydrogens is 642 g/mol. The third-order valence-electron chi connectivity index (χ3n) is 9.00. The number of amides is 2. The highest BCUT2D eigenvalue weighted by molar-refractivity contribution is 7.92. The summed E-state index contributed by atoms with van der Waals surface area (Å²) in [5, 5.41) is 3.80. The van der Waals surface area contributed by atoms with Gasteiger partial charge in [-0.2, -0.15) is 0 Å². The number of nitrogens with one attached hydrogen (secondary N) is 1. The van der Waals surface area contributed by atoms with E-state index < -0.39 is 28.5 Å². The van der Waals surface area contributed by atoms with Crippen molar-refractivity contribution in [3.05, 3.63) is 130 Å². The summed E-state index contributed by atoms with van der Waals surface area (Å²) in [5.74, 6) is -0.729. The molecule has 0 radical (unpaired) electrons. The number of anilines is 1. The molecule has 0 aromatic heterocycles. The van der Waals surface area contributed by atoms with Crippen LogP contribution in [0.15, 0.2) is 102 Å². The van der Waals surface area contributed by atoms with Gasteiger partial charge in [0.1, 0.15) is 12.6 Å². The zero-order chi connectivity index (χ0) is 34.3. The molecule has 5 rings (SSSR count). The number of carbonyl (C=O) groups is 2. The molecule has 1 aliphatic rings. The Bertz CT molecular complexity index is 1810. The number of halogens is 1. The minimum absolute atomic E-state index is 0.0330. The first-order valence-corrected chi connectivity index (χ1v) is 18.4. The van der Waals surface area contributed by atoms with Crippen LogP contribution >= 0.6 is 11.6 Å². The van der Waals surface area contributed by atoms with Crippen molar-refractivity contribution in [3.63, 3.8) is 0 Å². The number of nitrogens with zero attached hydrogens (tertiary/aromatic N) is 2. The van der Waals surface area contributed by atoms with E-state index in [1.165, 1.54) is 9.21 Å². The van der Waals surface area contributed by atoms with Crippen LogP contribution in [0.3, 0.4) is 0 Å². The van der Waals surface area contributed by atoms with Crippen LogP contribution in [0.1, 0.15) is 59.9 Å². The van der Waals surface area contributed by atoms with Crippen LogP contribution in [0.2, 0.25) is 5.02 Å².